The van der Waals surface area contributed by atoms with Gasteiger partial charge in [-0.15, -0.1) is 0 Å². The fourth-order valence-electron chi connectivity index (χ4n) is 0.578. The number of aromatic hydroxyl groups is 1. The molecule has 0 spiro atoms. The topological polar surface area (TPSA) is 76.9 Å². The number of aromatic nitrogens is 1. The number of rotatable bonds is 0. The Morgan fingerprint density at radius 3 is 2.83 bits per heavy atom. The van der Waals surface area contributed by atoms with Crippen LogP contribution in [0.4, 0.5) is 4.39 Å². The van der Waals surface area contributed by atoms with Gasteiger partial charge in [0.15, 0.2) is 5.82 Å². The fraction of sp³-hybridized carbons (Fsp3) is 0. The van der Waals surface area contributed by atoms with Crippen LogP contribution in [-0.4, -0.2) is 10.1 Å². The first-order valence-corrected chi connectivity index (χ1v) is 2.67. The smallest absolute Gasteiger partial charge is 1.00 e. The molecule has 0 aliphatic heterocycles. The number of hydrogen-bond donors (Lipinski definition) is 2. The molecule has 0 unspecified atom stereocenters. The van der Waals surface area contributed by atoms with Crippen LogP contribution in [0.5, 0.6) is 5.88 Å². The summed E-state index contributed by atoms with van der Waals surface area (Å²) in [4.78, 5) is 12.4. The second kappa shape index (κ2) is 4.26. The normalized spacial score (nSPS) is 8.33. The Labute approximate surface area is 90.4 Å². The van der Waals surface area contributed by atoms with E-state index in [2.05, 4.69) is 0 Å². The molecule has 1 heterocycles. The molecule has 1 aromatic heterocycles. The molecule has 6 heteroatoms. The third kappa shape index (κ3) is 2.08. The zero-order chi connectivity index (χ0) is 8.43. The van der Waals surface area contributed by atoms with Crippen molar-refractivity contribution in [1.29, 1.82) is 5.26 Å². The van der Waals surface area contributed by atoms with Crippen molar-refractivity contribution >= 4 is 0 Å². The van der Waals surface area contributed by atoms with Crippen molar-refractivity contribution in [3.63, 3.8) is 0 Å². The average molecular weight is 178 g/mol. The molecule has 0 bridgehead atoms. The molecule has 1 rings (SSSR count). The van der Waals surface area contributed by atoms with Crippen LogP contribution >= 0.6 is 0 Å². The molecule has 4 nitrogen and oxygen atoms in total. The standard InChI is InChI=1S/C6H3FN2O2.Na.H/c7-4-1-3(2-8)5(10)9-6(4)11;;/h1H,(H2,9,10,11);;/q;+1;-1. The number of aromatic amines is 1. The van der Waals surface area contributed by atoms with Crippen LogP contribution in [0.3, 0.4) is 0 Å². The maximum absolute atomic E-state index is 12.4. The molecule has 0 atom stereocenters. The number of hydrogen-bond acceptors (Lipinski definition) is 3. The van der Waals surface area contributed by atoms with Crippen molar-refractivity contribution in [1.82, 2.24) is 4.98 Å². The van der Waals surface area contributed by atoms with Crippen LogP contribution in [0.1, 0.15) is 6.99 Å². The summed E-state index contributed by atoms with van der Waals surface area (Å²) in [5.74, 6) is -1.87. The molecule has 2 N–H and O–H groups in total. The van der Waals surface area contributed by atoms with E-state index in [1.54, 1.807) is 4.98 Å². The van der Waals surface area contributed by atoms with Gasteiger partial charge in [0.25, 0.3) is 5.56 Å². The number of H-pyrrole nitrogens is 1. The Bertz CT molecular complexity index is 387. The predicted octanol–water partition coefficient (Wildman–Crippen LogP) is -2.79. The SMILES string of the molecule is N#Cc1cc(F)c(O)[nH]c1=O.[H-].[Na+]. The predicted molar refractivity (Wildman–Crippen MR) is 34.5 cm³/mol. The zero-order valence-electron chi connectivity index (χ0n) is 7.26. The van der Waals surface area contributed by atoms with E-state index in [0.717, 1.165) is 0 Å². The Morgan fingerprint density at radius 2 is 2.33 bits per heavy atom. The molecule has 0 aliphatic carbocycles. The molecule has 0 aliphatic rings. The van der Waals surface area contributed by atoms with E-state index >= 15 is 0 Å². The van der Waals surface area contributed by atoms with E-state index in [4.69, 9.17) is 10.4 Å². The second-order valence-electron chi connectivity index (χ2n) is 1.82. The molecular weight excluding hydrogens is 174 g/mol. The maximum atomic E-state index is 12.4. The molecule has 12 heavy (non-hydrogen) atoms. The van der Waals surface area contributed by atoms with E-state index in [9.17, 15) is 9.18 Å². The van der Waals surface area contributed by atoms with E-state index in [-0.39, 0.29) is 36.5 Å². The molecule has 0 fully saturated rings. The molecule has 0 radical (unpaired) electrons. The Balaban J connectivity index is 0. The molecule has 0 saturated heterocycles. The van der Waals surface area contributed by atoms with Crippen LogP contribution in [0.15, 0.2) is 10.9 Å². The zero-order valence-corrected chi connectivity index (χ0v) is 8.26. The van der Waals surface area contributed by atoms with E-state index in [1.165, 1.54) is 6.07 Å². The Hall–Kier alpha value is -0.830. The molecular formula is C6H4FN2NaO2. The third-order valence-corrected chi connectivity index (χ3v) is 1.09. The Morgan fingerprint density at radius 1 is 1.75 bits per heavy atom. The van der Waals surface area contributed by atoms with Crippen LogP contribution in [-0.2, 0) is 0 Å². The average Bonchev–Trinajstić information content (AvgIpc) is 1.97. The summed E-state index contributed by atoms with van der Waals surface area (Å²) in [5, 5.41) is 16.8. The van der Waals surface area contributed by atoms with Crippen molar-refractivity contribution in [2.75, 3.05) is 0 Å². The van der Waals surface area contributed by atoms with Gasteiger partial charge in [0.1, 0.15) is 11.6 Å². The summed E-state index contributed by atoms with van der Waals surface area (Å²) in [6.45, 7) is 0. The van der Waals surface area contributed by atoms with Gasteiger partial charge >= 0.3 is 29.6 Å². The van der Waals surface area contributed by atoms with Gasteiger partial charge in [-0.2, -0.15) is 5.26 Å². The van der Waals surface area contributed by atoms with E-state index < -0.39 is 17.3 Å². The summed E-state index contributed by atoms with van der Waals surface area (Å²) in [7, 11) is 0. The number of pyridine rings is 1. The van der Waals surface area contributed by atoms with Gasteiger partial charge < -0.3 is 6.53 Å². The summed E-state index contributed by atoms with van der Waals surface area (Å²) < 4.78 is 12.4. The molecule has 58 valence electrons. The van der Waals surface area contributed by atoms with Gasteiger partial charge in [0.2, 0.25) is 5.88 Å². The van der Waals surface area contributed by atoms with Crippen molar-refractivity contribution in [2.24, 2.45) is 0 Å². The third-order valence-electron chi connectivity index (χ3n) is 1.09. The van der Waals surface area contributed by atoms with Crippen LogP contribution < -0.4 is 35.1 Å². The van der Waals surface area contributed by atoms with Crippen molar-refractivity contribution < 1.29 is 40.5 Å². The van der Waals surface area contributed by atoms with E-state index in [0.29, 0.717) is 6.07 Å². The summed E-state index contributed by atoms with van der Waals surface area (Å²) in [6, 6.07) is 2.14. The van der Waals surface area contributed by atoms with Gasteiger partial charge in [-0.05, 0) is 0 Å². The van der Waals surface area contributed by atoms with Gasteiger partial charge in [0.05, 0.1) is 0 Å². The van der Waals surface area contributed by atoms with Gasteiger partial charge in [0, 0.05) is 6.07 Å². The first kappa shape index (κ1) is 11.2. The molecule has 0 aromatic carbocycles. The van der Waals surface area contributed by atoms with Crippen LogP contribution in [0, 0.1) is 17.1 Å². The largest absolute Gasteiger partial charge is 1.00 e. The number of nitrogens with one attached hydrogen (secondary N) is 1. The van der Waals surface area contributed by atoms with Crippen LogP contribution in [0.2, 0.25) is 0 Å². The molecule has 0 amide bonds. The fourth-order valence-corrected chi connectivity index (χ4v) is 0.578. The second-order valence-corrected chi connectivity index (χ2v) is 1.82. The van der Waals surface area contributed by atoms with Crippen LogP contribution in [0.25, 0.3) is 0 Å². The summed E-state index contributed by atoms with van der Waals surface area (Å²) >= 11 is 0. The minimum Gasteiger partial charge on any atom is -1.00 e. The summed E-state index contributed by atoms with van der Waals surface area (Å²) in [6.07, 6.45) is 0. The van der Waals surface area contributed by atoms with Crippen molar-refractivity contribution in [3.05, 3.63) is 27.8 Å². The quantitative estimate of drug-likeness (QED) is 0.421. The first-order valence-electron chi connectivity index (χ1n) is 2.67. The minimum atomic E-state index is -1.01. The Kier molecular flexibility index (Phi) is 3.96. The first-order chi connectivity index (χ1) is 5.15. The van der Waals surface area contributed by atoms with Gasteiger partial charge in [-0.25, -0.2) is 4.39 Å². The van der Waals surface area contributed by atoms with Crippen molar-refractivity contribution in [3.8, 4) is 11.9 Å². The van der Waals surface area contributed by atoms with Gasteiger partial charge in [-0.1, -0.05) is 0 Å². The monoisotopic (exact) mass is 178 g/mol. The molecule has 1 aromatic rings. The maximum Gasteiger partial charge on any atom is 1.00 e. The summed E-state index contributed by atoms with van der Waals surface area (Å²) in [5.41, 5.74) is -1.16. The number of halogens is 1. The van der Waals surface area contributed by atoms with E-state index in [1.807, 2.05) is 0 Å². The number of nitriles is 1. The van der Waals surface area contributed by atoms with Crippen molar-refractivity contribution in [2.45, 2.75) is 0 Å². The molecule has 0 saturated carbocycles. The minimum absolute atomic E-state index is 0. The number of nitrogens with zero attached hydrogens (tertiary/aromatic N) is 1. The van der Waals surface area contributed by atoms with Gasteiger partial charge in [-0.3, -0.25) is 9.78 Å².